The van der Waals surface area contributed by atoms with Gasteiger partial charge in [-0.25, -0.2) is 0 Å². The largest absolute Gasteiger partial charge is 0.506 e. The van der Waals surface area contributed by atoms with E-state index in [9.17, 15) is 5.11 Å². The zero-order valence-corrected chi connectivity index (χ0v) is 13.0. The molecule has 3 N–H and O–H groups in total. The number of halogens is 1. The molecular formula is C15H20BrNO3. The molecule has 3 rings (SSSR count). The first kappa shape index (κ1) is 14.0. The minimum atomic E-state index is -0.198. The summed E-state index contributed by atoms with van der Waals surface area (Å²) in [5, 5.41) is 10.6. The zero-order valence-electron chi connectivity index (χ0n) is 11.5. The molecule has 20 heavy (non-hydrogen) atoms. The monoisotopic (exact) mass is 341 g/mol. The second-order valence-corrected chi connectivity index (χ2v) is 6.51. The quantitative estimate of drug-likeness (QED) is 0.867. The van der Waals surface area contributed by atoms with Crippen molar-refractivity contribution in [2.24, 2.45) is 5.73 Å². The van der Waals surface area contributed by atoms with Gasteiger partial charge in [-0.2, -0.15) is 0 Å². The van der Waals surface area contributed by atoms with Crippen LogP contribution in [0, 0.1) is 0 Å². The molecule has 2 aliphatic rings. The van der Waals surface area contributed by atoms with E-state index in [2.05, 4.69) is 15.9 Å². The number of hydrogen-bond acceptors (Lipinski definition) is 4. The van der Waals surface area contributed by atoms with Gasteiger partial charge >= 0.3 is 0 Å². The number of fused-ring (bicyclic) bond motifs is 1. The molecule has 1 aliphatic carbocycles. The number of nitrogens with two attached hydrogens (primary N) is 1. The molecule has 0 spiro atoms. The molecule has 0 aromatic heterocycles. The van der Waals surface area contributed by atoms with Crippen molar-refractivity contribution >= 4 is 15.9 Å². The average molecular weight is 342 g/mol. The van der Waals surface area contributed by atoms with Gasteiger partial charge in [-0.1, -0.05) is 19.3 Å². The summed E-state index contributed by atoms with van der Waals surface area (Å²) in [6, 6.07) is 1.78. The second-order valence-electron chi connectivity index (χ2n) is 5.65. The standard InChI is InChI=1S/C15H20BrNO3/c16-10-8-11-14(20-7-6-19-11)12(13(10)18)15(9-17)4-2-1-3-5-15/h8,18H,1-7,9,17H2. The van der Waals surface area contributed by atoms with Crippen LogP contribution in [-0.2, 0) is 5.41 Å². The smallest absolute Gasteiger partial charge is 0.168 e. The third kappa shape index (κ3) is 2.17. The van der Waals surface area contributed by atoms with Crippen LogP contribution in [0.5, 0.6) is 17.2 Å². The fraction of sp³-hybridized carbons (Fsp3) is 0.600. The molecule has 4 nitrogen and oxygen atoms in total. The Bertz CT molecular complexity index is 512. The molecule has 1 fully saturated rings. The number of benzene rings is 1. The molecule has 0 unspecified atom stereocenters. The lowest BCUT2D eigenvalue weighted by molar-refractivity contribution is 0.162. The van der Waals surface area contributed by atoms with Crippen molar-refractivity contribution in [3.63, 3.8) is 0 Å². The second kappa shape index (κ2) is 5.45. The van der Waals surface area contributed by atoms with Gasteiger partial charge in [-0.3, -0.25) is 0 Å². The van der Waals surface area contributed by atoms with Gasteiger partial charge in [0.1, 0.15) is 19.0 Å². The van der Waals surface area contributed by atoms with E-state index in [1.165, 1.54) is 6.42 Å². The molecule has 1 saturated carbocycles. The SMILES string of the molecule is NCC1(c2c(O)c(Br)cc3c2OCCO3)CCCCC1. The molecule has 0 atom stereocenters. The summed E-state index contributed by atoms with van der Waals surface area (Å²) in [5.41, 5.74) is 6.74. The van der Waals surface area contributed by atoms with Gasteiger partial charge in [0.05, 0.1) is 4.47 Å². The number of phenols is 1. The van der Waals surface area contributed by atoms with Crippen LogP contribution in [0.3, 0.4) is 0 Å². The van der Waals surface area contributed by atoms with E-state index in [0.29, 0.717) is 35.7 Å². The first-order valence-corrected chi connectivity index (χ1v) is 7.99. The Morgan fingerprint density at radius 2 is 1.90 bits per heavy atom. The maximum Gasteiger partial charge on any atom is 0.168 e. The molecule has 0 saturated heterocycles. The fourth-order valence-electron chi connectivity index (χ4n) is 3.42. The van der Waals surface area contributed by atoms with Crippen molar-refractivity contribution in [1.82, 2.24) is 0 Å². The summed E-state index contributed by atoms with van der Waals surface area (Å²) >= 11 is 3.42. The first-order chi connectivity index (χ1) is 9.68. The van der Waals surface area contributed by atoms with Crippen LogP contribution in [0.4, 0.5) is 0 Å². The van der Waals surface area contributed by atoms with E-state index in [-0.39, 0.29) is 11.2 Å². The van der Waals surface area contributed by atoms with Crippen molar-refractivity contribution in [3.05, 3.63) is 16.1 Å². The van der Waals surface area contributed by atoms with Gasteiger partial charge < -0.3 is 20.3 Å². The highest BCUT2D eigenvalue weighted by Crippen LogP contribution is 2.53. The summed E-state index contributed by atoms with van der Waals surface area (Å²) < 4.78 is 12.1. The zero-order chi connectivity index (χ0) is 14.2. The summed E-state index contributed by atoms with van der Waals surface area (Å²) in [4.78, 5) is 0. The van der Waals surface area contributed by atoms with E-state index in [4.69, 9.17) is 15.2 Å². The molecule has 0 radical (unpaired) electrons. The minimum Gasteiger partial charge on any atom is -0.506 e. The molecular weight excluding hydrogens is 322 g/mol. The van der Waals surface area contributed by atoms with Gasteiger partial charge in [0.2, 0.25) is 0 Å². The maximum atomic E-state index is 10.6. The van der Waals surface area contributed by atoms with Gasteiger partial charge in [-0.15, -0.1) is 0 Å². The Labute approximate surface area is 127 Å². The van der Waals surface area contributed by atoms with Crippen LogP contribution in [0.1, 0.15) is 37.7 Å². The van der Waals surface area contributed by atoms with Crippen LogP contribution < -0.4 is 15.2 Å². The van der Waals surface area contributed by atoms with Crippen LogP contribution in [0.15, 0.2) is 10.5 Å². The number of rotatable bonds is 2. The molecule has 5 heteroatoms. The summed E-state index contributed by atoms with van der Waals surface area (Å²) in [6.07, 6.45) is 5.49. The Hall–Kier alpha value is -0.940. The number of phenolic OH excluding ortho intramolecular Hbond substituents is 1. The van der Waals surface area contributed by atoms with Gasteiger partial charge in [-0.05, 0) is 28.8 Å². The minimum absolute atomic E-state index is 0.198. The molecule has 1 aromatic rings. The number of aromatic hydroxyl groups is 1. The number of ether oxygens (including phenoxy) is 2. The number of hydrogen-bond donors (Lipinski definition) is 2. The lowest BCUT2D eigenvalue weighted by Crippen LogP contribution is -2.38. The van der Waals surface area contributed by atoms with Crippen molar-refractivity contribution in [2.75, 3.05) is 19.8 Å². The van der Waals surface area contributed by atoms with Crippen molar-refractivity contribution in [1.29, 1.82) is 0 Å². The fourth-order valence-corrected chi connectivity index (χ4v) is 3.83. The Morgan fingerprint density at radius 3 is 2.60 bits per heavy atom. The lowest BCUT2D eigenvalue weighted by Gasteiger charge is -2.39. The van der Waals surface area contributed by atoms with Crippen LogP contribution in [-0.4, -0.2) is 24.9 Å². The average Bonchev–Trinajstić information content (AvgIpc) is 2.49. The maximum absolute atomic E-state index is 10.6. The third-order valence-electron chi connectivity index (χ3n) is 4.49. The van der Waals surface area contributed by atoms with Gasteiger partial charge in [0.25, 0.3) is 0 Å². The third-order valence-corrected chi connectivity index (χ3v) is 5.10. The molecule has 0 amide bonds. The predicted molar refractivity (Wildman–Crippen MR) is 80.6 cm³/mol. The highest BCUT2D eigenvalue weighted by Gasteiger charge is 2.40. The molecule has 1 aromatic carbocycles. The van der Waals surface area contributed by atoms with Crippen LogP contribution in [0.25, 0.3) is 0 Å². The van der Waals surface area contributed by atoms with E-state index in [1.54, 1.807) is 6.07 Å². The van der Waals surface area contributed by atoms with Gasteiger partial charge in [0.15, 0.2) is 11.5 Å². The summed E-state index contributed by atoms with van der Waals surface area (Å²) in [5.74, 6) is 1.64. The van der Waals surface area contributed by atoms with E-state index in [1.807, 2.05) is 0 Å². The van der Waals surface area contributed by atoms with E-state index in [0.717, 1.165) is 31.2 Å². The predicted octanol–water partition coefficient (Wildman–Crippen LogP) is 3.09. The lowest BCUT2D eigenvalue weighted by atomic mass is 9.68. The highest BCUT2D eigenvalue weighted by molar-refractivity contribution is 9.10. The molecule has 110 valence electrons. The summed E-state index contributed by atoms with van der Waals surface area (Å²) in [7, 11) is 0. The molecule has 0 bridgehead atoms. The van der Waals surface area contributed by atoms with Crippen molar-refractivity contribution in [3.8, 4) is 17.2 Å². The van der Waals surface area contributed by atoms with Crippen molar-refractivity contribution < 1.29 is 14.6 Å². The van der Waals surface area contributed by atoms with Gasteiger partial charge in [0, 0.05) is 23.6 Å². The Kier molecular flexibility index (Phi) is 3.82. The Morgan fingerprint density at radius 1 is 1.20 bits per heavy atom. The van der Waals surface area contributed by atoms with E-state index < -0.39 is 0 Å². The topological polar surface area (TPSA) is 64.7 Å². The van der Waals surface area contributed by atoms with Crippen molar-refractivity contribution in [2.45, 2.75) is 37.5 Å². The molecule has 1 aliphatic heterocycles. The Balaban J connectivity index is 2.17. The normalized spacial score (nSPS) is 20.7. The van der Waals surface area contributed by atoms with Crippen LogP contribution >= 0.6 is 15.9 Å². The first-order valence-electron chi connectivity index (χ1n) is 7.19. The van der Waals surface area contributed by atoms with Crippen LogP contribution in [0.2, 0.25) is 0 Å². The molecule has 1 heterocycles. The summed E-state index contributed by atoms with van der Waals surface area (Å²) in [6.45, 7) is 1.58. The highest BCUT2D eigenvalue weighted by atomic mass is 79.9. The van der Waals surface area contributed by atoms with E-state index >= 15 is 0 Å².